The number of aromatic nitrogens is 4. The number of imidazole rings is 1. The molecule has 0 unspecified atom stereocenters. The number of anilines is 3. The van der Waals surface area contributed by atoms with Gasteiger partial charge in [-0.1, -0.05) is 29.3 Å². The lowest BCUT2D eigenvalue weighted by Gasteiger charge is -2.32. The van der Waals surface area contributed by atoms with Crippen LogP contribution >= 0.6 is 11.6 Å². The zero-order chi connectivity index (χ0) is 31.9. The number of nitrogens with two attached hydrogens (primary N) is 1. The van der Waals surface area contributed by atoms with Crippen LogP contribution in [0, 0.1) is 24.5 Å². The Hall–Kier alpha value is -3.88. The molecule has 238 valence electrons. The fourth-order valence-corrected chi connectivity index (χ4v) is 7.87. The van der Waals surface area contributed by atoms with Gasteiger partial charge in [-0.3, -0.25) is 9.36 Å². The predicted molar refractivity (Wildman–Crippen MR) is 167 cm³/mol. The van der Waals surface area contributed by atoms with Crippen LogP contribution in [0.25, 0.3) is 11.2 Å². The summed E-state index contributed by atoms with van der Waals surface area (Å²) in [5, 5.41) is 6.07. The Balaban J connectivity index is 1.30. The van der Waals surface area contributed by atoms with E-state index in [1.165, 1.54) is 10.5 Å². The Bertz CT molecular complexity index is 1820. The number of fused-ring (bicyclic) bond motifs is 1. The number of carbonyl (C=O) groups excluding carboxylic acids is 1. The van der Waals surface area contributed by atoms with Crippen molar-refractivity contribution >= 4 is 56.3 Å². The molecule has 1 saturated heterocycles. The van der Waals surface area contributed by atoms with Gasteiger partial charge in [-0.15, -0.1) is 0 Å². The number of rotatable bonds is 8. The fraction of sp³-hybridized carbons (Fsp3) is 0.400. The molecular weight excluding hydrogens is 626 g/mol. The summed E-state index contributed by atoms with van der Waals surface area (Å²) in [7, 11) is -3.67. The highest BCUT2D eigenvalue weighted by molar-refractivity contribution is 7.89. The topological polar surface area (TPSA) is 148 Å². The highest BCUT2D eigenvalue weighted by atomic mass is 35.5. The first-order valence-corrected chi connectivity index (χ1v) is 16.6. The molecule has 11 nitrogen and oxygen atoms in total. The van der Waals surface area contributed by atoms with Crippen LogP contribution in [0.5, 0.6) is 0 Å². The van der Waals surface area contributed by atoms with E-state index in [2.05, 4.69) is 20.6 Å². The number of piperidine rings is 1. The number of primary amides is 1. The van der Waals surface area contributed by atoms with E-state index in [0.29, 0.717) is 56.2 Å². The van der Waals surface area contributed by atoms with Gasteiger partial charge in [0.05, 0.1) is 21.8 Å². The van der Waals surface area contributed by atoms with Crippen LogP contribution in [-0.2, 0) is 14.8 Å². The van der Waals surface area contributed by atoms with Crippen LogP contribution in [0.4, 0.5) is 26.4 Å². The second-order valence-electron chi connectivity index (χ2n) is 11.6. The van der Waals surface area contributed by atoms with E-state index in [4.69, 9.17) is 22.3 Å². The van der Waals surface area contributed by atoms with E-state index < -0.39 is 21.7 Å². The Morgan fingerprint density at radius 2 is 1.80 bits per heavy atom. The molecule has 2 aromatic heterocycles. The maximum atomic E-state index is 14.8. The lowest BCUT2D eigenvalue weighted by Crippen LogP contribution is -2.45. The first kappa shape index (κ1) is 31.1. The van der Waals surface area contributed by atoms with Crippen molar-refractivity contribution in [2.24, 2.45) is 11.7 Å². The molecule has 15 heteroatoms. The number of hydrogen-bond acceptors (Lipinski definition) is 8. The summed E-state index contributed by atoms with van der Waals surface area (Å²) in [5.41, 5.74) is 7.27. The van der Waals surface area contributed by atoms with Crippen molar-refractivity contribution < 1.29 is 22.0 Å². The number of amides is 1. The lowest BCUT2D eigenvalue weighted by atomic mass is 9.85. The van der Waals surface area contributed by atoms with Gasteiger partial charge in [-0.05, 0) is 63.6 Å². The molecule has 2 fully saturated rings. The van der Waals surface area contributed by atoms with Gasteiger partial charge in [-0.25, -0.2) is 27.2 Å². The average molecular weight is 659 g/mol. The average Bonchev–Trinajstić information content (AvgIpc) is 3.36. The minimum absolute atomic E-state index is 0.135. The number of benzene rings is 2. The molecule has 3 heterocycles. The normalized spacial score (nSPS) is 21.1. The number of hydrogen-bond donors (Lipinski definition) is 3. The lowest BCUT2D eigenvalue weighted by molar-refractivity contribution is -0.122. The minimum Gasteiger partial charge on any atom is -0.369 e. The van der Waals surface area contributed by atoms with Crippen LogP contribution in [-0.4, -0.2) is 57.3 Å². The summed E-state index contributed by atoms with van der Waals surface area (Å²) < 4.78 is 58.5. The summed E-state index contributed by atoms with van der Waals surface area (Å²) in [6.45, 7) is 2.55. The van der Waals surface area contributed by atoms with Crippen molar-refractivity contribution in [3.05, 3.63) is 64.8 Å². The Morgan fingerprint density at radius 3 is 2.49 bits per heavy atom. The van der Waals surface area contributed by atoms with Crippen LogP contribution in [0.3, 0.4) is 0 Å². The number of carbonyl (C=O) groups is 1. The quantitative estimate of drug-likeness (QED) is 0.231. The Morgan fingerprint density at radius 1 is 1.07 bits per heavy atom. The number of halogens is 3. The molecule has 1 aliphatic carbocycles. The van der Waals surface area contributed by atoms with Crippen molar-refractivity contribution in [3.8, 4) is 0 Å². The zero-order valence-electron chi connectivity index (χ0n) is 24.5. The van der Waals surface area contributed by atoms with Gasteiger partial charge in [0.1, 0.15) is 11.3 Å². The second-order valence-corrected chi connectivity index (χ2v) is 14.0. The number of sulfonamides is 1. The largest absolute Gasteiger partial charge is 0.369 e. The smallest absolute Gasteiger partial charge is 0.243 e. The van der Waals surface area contributed by atoms with Crippen molar-refractivity contribution in [2.75, 3.05) is 23.7 Å². The minimum atomic E-state index is -3.67. The first-order valence-electron chi connectivity index (χ1n) is 14.8. The van der Waals surface area contributed by atoms with Crippen LogP contribution in [0.1, 0.15) is 50.1 Å². The van der Waals surface area contributed by atoms with Gasteiger partial charge in [0, 0.05) is 37.2 Å². The molecule has 0 radical (unpaired) electrons. The van der Waals surface area contributed by atoms with Gasteiger partial charge in [-0.2, -0.15) is 9.29 Å². The summed E-state index contributed by atoms with van der Waals surface area (Å²) >= 11 is 6.18. The monoisotopic (exact) mass is 658 g/mol. The molecule has 2 aromatic carbocycles. The third-order valence-corrected chi connectivity index (χ3v) is 10.7. The van der Waals surface area contributed by atoms with Crippen molar-refractivity contribution in [3.63, 3.8) is 0 Å². The molecular formula is C30H33ClF2N8O3S. The van der Waals surface area contributed by atoms with Gasteiger partial charge in [0.2, 0.25) is 27.8 Å². The molecule has 1 aliphatic heterocycles. The standard InChI is InChI=1S/C30H33ClF2N8O3S/c1-17-4-10-22(11-5-17)45(43,44)40-12-2-3-20(16-40)36-29-35-15-25-28(39-29)41(21-8-6-18(7-9-21)27(34)42)30(37-25)38-26-23(31)13-19(32)14-24(26)33/h4-5,10-11,13-15,18,20-21H,2-3,6-9,12,16H2,1H3,(H2,34,42)(H,37,38)(H,35,36,39)/t18?,20-,21?/m1/s1. The van der Waals surface area contributed by atoms with E-state index in [1.54, 1.807) is 24.3 Å². The SMILES string of the molecule is Cc1ccc(S(=O)(=O)N2CCC[C@@H](Nc3ncc4nc(Nc5c(F)cc(F)cc5Cl)n(C5CCC(C(N)=O)CC5)c4n3)C2)cc1. The maximum absolute atomic E-state index is 14.8. The Labute approximate surface area is 264 Å². The summed E-state index contributed by atoms with van der Waals surface area (Å²) in [6, 6.07) is 8.12. The highest BCUT2D eigenvalue weighted by Gasteiger charge is 2.32. The molecule has 1 amide bonds. The van der Waals surface area contributed by atoms with Gasteiger partial charge >= 0.3 is 0 Å². The number of aryl methyl sites for hydroxylation is 1. The van der Waals surface area contributed by atoms with Crippen molar-refractivity contribution in [1.29, 1.82) is 0 Å². The van der Waals surface area contributed by atoms with Crippen LogP contribution < -0.4 is 16.4 Å². The molecule has 1 saturated carbocycles. The van der Waals surface area contributed by atoms with Gasteiger partial charge in [0.25, 0.3) is 0 Å². The number of nitrogens with one attached hydrogen (secondary N) is 2. The molecule has 6 rings (SSSR count). The van der Waals surface area contributed by atoms with E-state index in [0.717, 1.165) is 17.7 Å². The van der Waals surface area contributed by atoms with E-state index in [-0.39, 0.29) is 58.0 Å². The fourth-order valence-electron chi connectivity index (χ4n) is 6.11. The summed E-state index contributed by atoms with van der Waals surface area (Å²) in [4.78, 5) is 25.9. The molecule has 1 atom stereocenters. The zero-order valence-corrected chi connectivity index (χ0v) is 26.1. The third kappa shape index (κ3) is 6.44. The van der Waals surface area contributed by atoms with Crippen LogP contribution in [0.2, 0.25) is 5.02 Å². The highest BCUT2D eigenvalue weighted by Crippen LogP contribution is 2.38. The molecule has 0 spiro atoms. The molecule has 45 heavy (non-hydrogen) atoms. The van der Waals surface area contributed by atoms with Crippen molar-refractivity contribution in [1.82, 2.24) is 23.8 Å². The summed E-state index contributed by atoms with van der Waals surface area (Å²) in [6.07, 6.45) is 5.22. The third-order valence-electron chi connectivity index (χ3n) is 8.52. The maximum Gasteiger partial charge on any atom is 0.243 e. The first-order chi connectivity index (χ1) is 21.5. The predicted octanol–water partition coefficient (Wildman–Crippen LogP) is 5.29. The molecule has 0 bridgehead atoms. The number of nitrogens with zero attached hydrogens (tertiary/aromatic N) is 5. The molecule has 4 N–H and O–H groups in total. The van der Waals surface area contributed by atoms with Crippen LogP contribution in [0.15, 0.2) is 47.5 Å². The van der Waals surface area contributed by atoms with E-state index in [1.807, 2.05) is 11.5 Å². The Kier molecular flexibility index (Phi) is 8.63. The van der Waals surface area contributed by atoms with Gasteiger partial charge in [0.15, 0.2) is 11.5 Å². The van der Waals surface area contributed by atoms with E-state index >= 15 is 0 Å². The van der Waals surface area contributed by atoms with E-state index in [9.17, 15) is 22.0 Å². The molecule has 2 aliphatic rings. The second kappa shape index (κ2) is 12.5. The van der Waals surface area contributed by atoms with Gasteiger partial charge < -0.3 is 16.4 Å². The van der Waals surface area contributed by atoms with Crippen molar-refractivity contribution in [2.45, 2.75) is 62.4 Å². The molecule has 4 aromatic rings. The summed E-state index contributed by atoms with van der Waals surface area (Å²) in [5.74, 6) is -1.76.